The predicted molar refractivity (Wildman–Crippen MR) is 606 cm³/mol. The maximum atomic E-state index is 6.00. The molecule has 0 saturated heterocycles. The maximum absolute atomic E-state index is 6.00. The summed E-state index contributed by atoms with van der Waals surface area (Å²) in [6.07, 6.45) is 38.3. The topological polar surface area (TPSA) is 572 Å². The number of rotatable bonds is 117. The van der Waals surface area contributed by atoms with E-state index >= 15 is 0 Å². The van der Waals surface area contributed by atoms with Crippen LogP contribution in [0.5, 0.6) is 0 Å². The van der Waals surface area contributed by atoms with Crippen molar-refractivity contribution in [3.05, 3.63) is 0 Å². The van der Waals surface area contributed by atoms with Crippen molar-refractivity contribution in [3.8, 4) is 0 Å². The zero-order valence-corrected chi connectivity index (χ0v) is 91.5. The fourth-order valence-corrected chi connectivity index (χ4v) is 19.1. The molecule has 0 heterocycles. The van der Waals surface area contributed by atoms with Crippen LogP contribution in [0.15, 0.2) is 0 Å². The van der Waals surface area contributed by atoms with Gasteiger partial charge in [0.25, 0.3) is 0 Å². The van der Waals surface area contributed by atoms with Crippen LogP contribution in [0.4, 0.5) is 0 Å². The Kier molecular flexibility index (Phi) is 113. The van der Waals surface area contributed by atoms with Crippen molar-refractivity contribution < 1.29 is 0 Å². The first-order valence-electron chi connectivity index (χ1n) is 57.8. The minimum atomic E-state index is 0.727. The normalized spacial score (nSPS) is 12.4. The van der Waals surface area contributed by atoms with Gasteiger partial charge < -0.3 is 193 Å². The second kappa shape index (κ2) is 112. The van der Waals surface area contributed by atoms with E-state index in [9.17, 15) is 0 Å². The lowest BCUT2D eigenvalue weighted by Gasteiger charge is -2.31. The van der Waals surface area contributed by atoms with Gasteiger partial charge in [-0.25, -0.2) is 0 Å². The third kappa shape index (κ3) is 92.4. The zero-order chi connectivity index (χ0) is 102. The van der Waals surface area contributed by atoms with E-state index in [1.54, 1.807) is 0 Å². The van der Waals surface area contributed by atoms with Gasteiger partial charge in [-0.05, 0) is 670 Å². The fraction of sp³-hybridized carbons (Fsp3) is 1.00. The van der Waals surface area contributed by atoms with Gasteiger partial charge in [0.2, 0.25) is 0 Å². The number of nitrogens with two attached hydrogens (primary N) is 20. The van der Waals surface area contributed by atoms with Crippen LogP contribution in [0, 0.1) is 0 Å². The summed E-state index contributed by atoms with van der Waals surface area (Å²) >= 11 is 0. The quantitative estimate of drug-likeness (QED) is 0.0346. The van der Waals surface area contributed by atoms with Crippen molar-refractivity contribution in [2.24, 2.45) is 115 Å². The van der Waals surface area contributed by atoms with E-state index in [0.717, 1.165) is 631 Å². The van der Waals surface area contributed by atoms with E-state index in [4.69, 9.17) is 115 Å². The predicted octanol–water partition coefficient (Wildman–Crippen LogP) is -0.368. The van der Waals surface area contributed by atoms with Crippen LogP contribution in [0.25, 0.3) is 0 Å². The van der Waals surface area contributed by atoms with Crippen molar-refractivity contribution in [2.75, 3.05) is 445 Å². The summed E-state index contributed by atoms with van der Waals surface area (Å²) in [7, 11) is 0. The van der Waals surface area contributed by atoms with Crippen molar-refractivity contribution in [3.63, 3.8) is 0 Å². The van der Waals surface area contributed by atoms with E-state index in [2.05, 4.69) is 78.4 Å². The van der Waals surface area contributed by atoms with Gasteiger partial charge in [0.15, 0.2) is 0 Å². The third-order valence-corrected chi connectivity index (χ3v) is 27.1. The van der Waals surface area contributed by atoms with E-state index in [1.165, 1.54) is 38.5 Å². The Bertz CT molecular complexity index is 1890. The fourth-order valence-electron chi connectivity index (χ4n) is 19.1. The summed E-state index contributed by atoms with van der Waals surface area (Å²) in [5.41, 5.74) is 119. The minimum Gasteiger partial charge on any atom is -0.330 e. The molecule has 0 saturated carbocycles. The molecule has 0 rings (SSSR count). The van der Waals surface area contributed by atoms with Gasteiger partial charge in [-0.3, -0.25) is 0 Å². The highest BCUT2D eigenvalue weighted by atomic mass is 15.2. The summed E-state index contributed by atoms with van der Waals surface area (Å²) in [5.74, 6) is 0. The maximum Gasteiger partial charge on any atom is -0.000653 e. The summed E-state index contributed by atoms with van der Waals surface area (Å²) in [6, 6.07) is 0. The van der Waals surface area contributed by atoms with Crippen LogP contribution in [0.2, 0.25) is 0 Å². The standard InChI is InChI=1S/C63H150N22.C40H96N14/c64-22-1-34-76(35-2-23-65)46-13-52-82(53-14-47-77(36-3-24-66)37-4-25-67)58-19-61-85(62-20-59-83(54-15-48-78(38-5-26-68)39-6-27-69)55-16-49-79(40-7-28-70)41-8-29-71)63-21-60-84(56-17-50-80(42-9-30-72)43-10-31-73)57-18-51-81(44-11-32-74)45-12-33-75;41-15-3-25-51(26-4-16-42)37-11-33-49(34-12-38-52(27-5-17-43)28-6-18-44)23-1-2-24-50(35-13-39-53(29-7-19-45)30-8-20-46)36-14-40-54(31-9-21-47)32-10-22-48/h1-75H2;1-48H2. The SMILES string of the molecule is NCCCN(CCCN)CCCN(CCCCN(CCCN(CCCN)CCCN)CCCN(CCCN)CCCN)CCCN(CCCN)CCCN.NCCCN(CCCN)CCCN(CCCN(CCCN)CCCN)CCCN(CCCN(CCCN(CCCN)CCCN)CCCN(CCCN)CCCN)CCCN(CCCN(CCCN)CCCN)CCCN(CCCN)CCCN. The monoisotopic (exact) mass is 1990 g/mol. The van der Waals surface area contributed by atoms with E-state index in [1.807, 2.05) is 0 Å². The van der Waals surface area contributed by atoms with Crippen LogP contribution in [-0.4, -0.2) is 523 Å². The smallest absolute Gasteiger partial charge is 0.000653 e. The van der Waals surface area contributed by atoms with E-state index in [0.29, 0.717) is 0 Å². The Morgan fingerprint density at radius 3 is 0.151 bits per heavy atom. The Hall–Kier alpha value is -1.44. The first-order chi connectivity index (χ1) is 68.2. The molecule has 0 bridgehead atoms. The van der Waals surface area contributed by atoms with Gasteiger partial charge in [-0.15, -0.1) is 0 Å². The Morgan fingerprint density at radius 2 is 0.101 bits per heavy atom. The molecule has 0 aromatic carbocycles. The zero-order valence-electron chi connectivity index (χ0n) is 91.5. The first kappa shape index (κ1) is 140. The van der Waals surface area contributed by atoms with Crippen molar-refractivity contribution >= 4 is 0 Å². The minimum absolute atomic E-state index is 0.727. The molecule has 838 valence electrons. The second-order valence-electron chi connectivity index (χ2n) is 39.6. The highest BCUT2D eigenvalue weighted by Gasteiger charge is 2.21. The van der Waals surface area contributed by atoms with Crippen LogP contribution in [0.3, 0.4) is 0 Å². The molecule has 36 heteroatoms. The third-order valence-electron chi connectivity index (χ3n) is 27.1. The van der Waals surface area contributed by atoms with Gasteiger partial charge in [-0.2, -0.15) is 0 Å². The Balaban J connectivity index is 0. The molecule has 0 radical (unpaired) electrons. The lowest BCUT2D eigenvalue weighted by molar-refractivity contribution is 0.172. The average Bonchev–Trinajstić information content (AvgIpc) is 0.985. The largest absolute Gasteiger partial charge is 0.330 e. The Labute approximate surface area is 858 Å². The molecular formula is C103H246N36. The Morgan fingerprint density at radius 1 is 0.0576 bits per heavy atom. The second-order valence-corrected chi connectivity index (χ2v) is 39.6. The lowest BCUT2D eigenvalue weighted by Crippen LogP contribution is -2.38. The average molecular weight is 1990 g/mol. The molecule has 0 aromatic rings. The molecule has 0 aromatic heterocycles. The van der Waals surface area contributed by atoms with Crippen LogP contribution in [-0.2, 0) is 0 Å². The van der Waals surface area contributed by atoms with Crippen LogP contribution >= 0.6 is 0 Å². The molecule has 40 N–H and O–H groups in total. The molecule has 0 aliphatic rings. The number of hydrogen-bond donors (Lipinski definition) is 20. The van der Waals surface area contributed by atoms with E-state index < -0.39 is 0 Å². The number of hydrogen-bond acceptors (Lipinski definition) is 36. The van der Waals surface area contributed by atoms with Gasteiger partial charge in [-0.1, -0.05) is 0 Å². The molecule has 0 aliphatic carbocycles. The van der Waals surface area contributed by atoms with Gasteiger partial charge in [0, 0.05) is 0 Å². The van der Waals surface area contributed by atoms with Gasteiger partial charge >= 0.3 is 0 Å². The van der Waals surface area contributed by atoms with Crippen LogP contribution < -0.4 is 115 Å². The van der Waals surface area contributed by atoms with E-state index in [-0.39, 0.29) is 0 Å². The summed E-state index contributed by atoms with van der Waals surface area (Å²) in [4.78, 5) is 42.4. The molecular weight excluding hydrogens is 1740 g/mol. The van der Waals surface area contributed by atoms with Crippen LogP contribution in [0.1, 0.15) is 225 Å². The van der Waals surface area contributed by atoms with Gasteiger partial charge in [0.1, 0.15) is 0 Å². The first-order valence-corrected chi connectivity index (χ1v) is 57.8. The molecule has 0 fully saturated rings. The molecule has 139 heavy (non-hydrogen) atoms. The highest BCUT2D eigenvalue weighted by Crippen LogP contribution is 2.14. The molecule has 0 spiro atoms. The van der Waals surface area contributed by atoms with Gasteiger partial charge in [0.05, 0.1) is 0 Å². The summed E-state index contributed by atoms with van der Waals surface area (Å²) in [5, 5.41) is 0. The summed E-state index contributed by atoms with van der Waals surface area (Å²) < 4.78 is 0. The lowest BCUT2D eigenvalue weighted by atomic mass is 10.2. The number of nitrogens with zero attached hydrogens (tertiary/aromatic N) is 16. The van der Waals surface area contributed by atoms with Crippen molar-refractivity contribution in [1.29, 1.82) is 0 Å². The molecule has 0 unspecified atom stereocenters. The van der Waals surface area contributed by atoms with Crippen molar-refractivity contribution in [2.45, 2.75) is 225 Å². The molecule has 0 amide bonds. The summed E-state index contributed by atoms with van der Waals surface area (Å²) in [6.45, 7) is 67.0. The van der Waals surface area contributed by atoms with Crippen molar-refractivity contribution in [1.82, 2.24) is 78.4 Å². The molecule has 0 atom stereocenters. The molecule has 36 nitrogen and oxygen atoms in total. The highest BCUT2D eigenvalue weighted by molar-refractivity contribution is 4.77. The number of unbranched alkanes of at least 4 members (excludes halogenated alkanes) is 1. The molecule has 0 aliphatic heterocycles.